The van der Waals surface area contributed by atoms with E-state index in [4.69, 9.17) is 14.7 Å². The molecular weight excluding hydrogens is 418 g/mol. The lowest BCUT2D eigenvalue weighted by atomic mass is 10.1. The summed E-state index contributed by atoms with van der Waals surface area (Å²) >= 11 is 1.89. The number of nitrogens with one attached hydrogen (secondary N) is 1. The van der Waals surface area contributed by atoms with Crippen molar-refractivity contribution in [3.05, 3.63) is 46.6 Å². The van der Waals surface area contributed by atoms with Crippen LogP contribution in [0.15, 0.2) is 30.3 Å². The van der Waals surface area contributed by atoms with Crippen molar-refractivity contribution >= 4 is 33.1 Å². The number of para-hydroxylation sites is 1. The van der Waals surface area contributed by atoms with Gasteiger partial charge in [-0.2, -0.15) is 0 Å². The second-order valence-electron chi connectivity index (χ2n) is 9.23. The first-order valence-electron chi connectivity index (χ1n) is 12.0. The second-order valence-corrected chi connectivity index (χ2v) is 10.3. The van der Waals surface area contributed by atoms with E-state index < -0.39 is 0 Å². The Morgan fingerprint density at radius 1 is 1.06 bits per heavy atom. The van der Waals surface area contributed by atoms with Crippen molar-refractivity contribution in [2.24, 2.45) is 5.92 Å². The number of rotatable bonds is 6. The van der Waals surface area contributed by atoms with Crippen LogP contribution in [0.4, 0.5) is 11.5 Å². The first-order chi connectivity index (χ1) is 15.8. The van der Waals surface area contributed by atoms with Crippen molar-refractivity contribution in [3.8, 4) is 0 Å². The van der Waals surface area contributed by atoms with Crippen LogP contribution in [-0.4, -0.2) is 60.8 Å². The smallest absolute Gasteiger partial charge is 0.146 e. The van der Waals surface area contributed by atoms with Gasteiger partial charge in [-0.25, -0.2) is 9.97 Å². The number of aryl methyl sites for hydroxylation is 2. The fourth-order valence-electron chi connectivity index (χ4n) is 5.31. The van der Waals surface area contributed by atoms with Gasteiger partial charge in [0.25, 0.3) is 0 Å². The summed E-state index contributed by atoms with van der Waals surface area (Å²) in [6.07, 6.45) is 4.85. The Morgan fingerprint density at radius 3 is 2.81 bits per heavy atom. The molecule has 1 aromatic carbocycles. The summed E-state index contributed by atoms with van der Waals surface area (Å²) in [7, 11) is 0. The second kappa shape index (κ2) is 8.96. The Bertz CT molecular complexity index is 1080. The van der Waals surface area contributed by atoms with E-state index in [2.05, 4.69) is 45.4 Å². The molecule has 2 saturated heterocycles. The Labute approximate surface area is 193 Å². The van der Waals surface area contributed by atoms with Gasteiger partial charge in [0.1, 0.15) is 16.5 Å². The molecule has 0 radical (unpaired) electrons. The third kappa shape index (κ3) is 4.09. The van der Waals surface area contributed by atoms with E-state index in [0.29, 0.717) is 5.92 Å². The lowest BCUT2D eigenvalue weighted by molar-refractivity contribution is 0.0331. The van der Waals surface area contributed by atoms with Crippen molar-refractivity contribution in [2.45, 2.75) is 32.2 Å². The maximum atomic E-state index is 5.51. The van der Waals surface area contributed by atoms with Crippen molar-refractivity contribution in [1.29, 1.82) is 0 Å². The molecule has 7 heteroatoms. The molecule has 168 valence electrons. The number of benzene rings is 1. The molecule has 3 aromatic rings. The Kier molecular flexibility index (Phi) is 5.71. The SMILES string of the molecule is c1ccc(N2CCC(CNc3nc(CN4CCOCC4)nc4sc5c(c34)CCC5)C2)cc1. The first kappa shape index (κ1) is 20.4. The minimum Gasteiger partial charge on any atom is -0.379 e. The van der Waals surface area contributed by atoms with E-state index in [1.165, 1.54) is 52.0 Å². The minimum atomic E-state index is 0.634. The van der Waals surface area contributed by atoms with Crippen LogP contribution < -0.4 is 10.2 Å². The summed E-state index contributed by atoms with van der Waals surface area (Å²) in [5, 5.41) is 5.08. The minimum absolute atomic E-state index is 0.634. The van der Waals surface area contributed by atoms with Crippen molar-refractivity contribution in [3.63, 3.8) is 0 Å². The summed E-state index contributed by atoms with van der Waals surface area (Å²) in [6.45, 7) is 7.55. The fourth-order valence-corrected chi connectivity index (χ4v) is 6.59. The molecule has 6 nitrogen and oxygen atoms in total. The molecule has 1 atom stereocenters. The Balaban J connectivity index is 1.21. The Hall–Kier alpha value is -2.22. The van der Waals surface area contributed by atoms with E-state index in [1.807, 2.05) is 11.3 Å². The summed E-state index contributed by atoms with van der Waals surface area (Å²) in [4.78, 5) is 17.7. The molecule has 3 aliphatic rings. The van der Waals surface area contributed by atoms with Crippen LogP contribution in [0.2, 0.25) is 0 Å². The van der Waals surface area contributed by atoms with Gasteiger partial charge < -0.3 is 15.0 Å². The lowest BCUT2D eigenvalue weighted by Gasteiger charge is -2.26. The van der Waals surface area contributed by atoms with Crippen LogP contribution in [0.5, 0.6) is 0 Å². The number of nitrogens with zero attached hydrogens (tertiary/aromatic N) is 4. The van der Waals surface area contributed by atoms with Crippen LogP contribution in [-0.2, 0) is 24.1 Å². The maximum Gasteiger partial charge on any atom is 0.146 e. The average Bonchev–Trinajstić information content (AvgIpc) is 3.55. The third-order valence-electron chi connectivity index (χ3n) is 7.05. The maximum absolute atomic E-state index is 5.51. The number of ether oxygens (including phenoxy) is 1. The predicted octanol–water partition coefficient (Wildman–Crippen LogP) is 3.95. The van der Waals surface area contributed by atoms with Gasteiger partial charge in [-0.3, -0.25) is 4.90 Å². The standard InChI is InChI=1S/C25H31N5OS/c1-2-5-19(6-3-1)30-10-9-18(16-30)15-26-24-23-20-7-4-8-21(20)32-25(23)28-22(27-24)17-29-11-13-31-14-12-29/h1-3,5-6,18H,4,7-17H2,(H,26,27,28). The van der Waals surface area contributed by atoms with Gasteiger partial charge in [-0.1, -0.05) is 18.2 Å². The van der Waals surface area contributed by atoms with E-state index in [1.54, 1.807) is 0 Å². The van der Waals surface area contributed by atoms with Crippen molar-refractivity contribution < 1.29 is 4.74 Å². The number of morpholine rings is 1. The van der Waals surface area contributed by atoms with Crippen LogP contribution in [0, 0.1) is 5.92 Å². The average molecular weight is 450 g/mol. The molecule has 0 spiro atoms. The number of thiophene rings is 1. The molecule has 32 heavy (non-hydrogen) atoms. The zero-order valence-electron chi connectivity index (χ0n) is 18.6. The molecule has 4 heterocycles. The van der Waals surface area contributed by atoms with Gasteiger partial charge in [-0.15, -0.1) is 11.3 Å². The van der Waals surface area contributed by atoms with Crippen LogP contribution in [0.25, 0.3) is 10.2 Å². The van der Waals surface area contributed by atoms with Gasteiger partial charge in [0.05, 0.1) is 25.1 Å². The zero-order chi connectivity index (χ0) is 21.3. The predicted molar refractivity (Wildman–Crippen MR) is 131 cm³/mol. The topological polar surface area (TPSA) is 53.5 Å². The van der Waals surface area contributed by atoms with Gasteiger partial charge >= 0.3 is 0 Å². The van der Waals surface area contributed by atoms with Crippen LogP contribution in [0.3, 0.4) is 0 Å². The van der Waals surface area contributed by atoms with Crippen LogP contribution in [0.1, 0.15) is 29.1 Å². The quantitative estimate of drug-likeness (QED) is 0.615. The fraction of sp³-hybridized carbons (Fsp3) is 0.520. The van der Waals surface area contributed by atoms with E-state index in [-0.39, 0.29) is 0 Å². The van der Waals surface area contributed by atoms with Crippen molar-refractivity contribution in [1.82, 2.24) is 14.9 Å². The molecule has 1 unspecified atom stereocenters. The normalized spacial score (nSPS) is 21.4. The number of anilines is 2. The highest BCUT2D eigenvalue weighted by molar-refractivity contribution is 7.19. The van der Waals surface area contributed by atoms with Gasteiger partial charge in [0, 0.05) is 43.3 Å². The van der Waals surface area contributed by atoms with Gasteiger partial charge in [0.15, 0.2) is 0 Å². The highest BCUT2D eigenvalue weighted by Crippen LogP contribution is 2.39. The molecule has 2 fully saturated rings. The summed E-state index contributed by atoms with van der Waals surface area (Å²) in [5.41, 5.74) is 2.84. The Morgan fingerprint density at radius 2 is 1.94 bits per heavy atom. The van der Waals surface area contributed by atoms with Gasteiger partial charge in [0.2, 0.25) is 0 Å². The molecule has 0 amide bonds. The van der Waals surface area contributed by atoms with Crippen molar-refractivity contribution in [2.75, 3.05) is 56.2 Å². The van der Waals surface area contributed by atoms with E-state index >= 15 is 0 Å². The number of hydrogen-bond donors (Lipinski definition) is 1. The molecule has 0 bridgehead atoms. The summed E-state index contributed by atoms with van der Waals surface area (Å²) in [5.74, 6) is 2.64. The number of hydrogen-bond acceptors (Lipinski definition) is 7. The lowest BCUT2D eigenvalue weighted by Crippen LogP contribution is -2.36. The van der Waals surface area contributed by atoms with Gasteiger partial charge in [-0.05, 0) is 49.3 Å². The number of fused-ring (bicyclic) bond motifs is 3. The third-order valence-corrected chi connectivity index (χ3v) is 8.23. The summed E-state index contributed by atoms with van der Waals surface area (Å²) in [6, 6.07) is 10.8. The molecule has 2 aliphatic heterocycles. The summed E-state index contributed by atoms with van der Waals surface area (Å²) < 4.78 is 5.51. The van der Waals surface area contributed by atoms with Crippen LogP contribution >= 0.6 is 11.3 Å². The van der Waals surface area contributed by atoms with E-state index in [0.717, 1.165) is 64.1 Å². The monoisotopic (exact) mass is 449 g/mol. The zero-order valence-corrected chi connectivity index (χ0v) is 19.4. The molecule has 1 aliphatic carbocycles. The van der Waals surface area contributed by atoms with E-state index in [9.17, 15) is 0 Å². The molecule has 6 rings (SSSR count). The first-order valence-corrected chi connectivity index (χ1v) is 12.8. The largest absolute Gasteiger partial charge is 0.379 e. The molecule has 2 aromatic heterocycles. The molecular formula is C25H31N5OS. The number of aromatic nitrogens is 2. The highest BCUT2D eigenvalue weighted by atomic mass is 32.1. The highest BCUT2D eigenvalue weighted by Gasteiger charge is 2.26. The molecule has 1 N–H and O–H groups in total. The molecule has 0 saturated carbocycles.